The molecule has 0 aliphatic carbocycles. The maximum atomic E-state index is 12.5. The van der Waals surface area contributed by atoms with Crippen molar-refractivity contribution in [2.75, 3.05) is 6.54 Å². The summed E-state index contributed by atoms with van der Waals surface area (Å²) in [6.45, 7) is 3.57. The van der Waals surface area contributed by atoms with Crippen LogP contribution in [0.3, 0.4) is 0 Å². The fraction of sp³-hybridized carbons (Fsp3) is 0.375. The molecule has 0 spiro atoms. The Morgan fingerprint density at radius 1 is 1.35 bits per heavy atom. The van der Waals surface area contributed by atoms with E-state index >= 15 is 0 Å². The van der Waals surface area contributed by atoms with Crippen molar-refractivity contribution in [3.05, 3.63) is 52.8 Å². The van der Waals surface area contributed by atoms with E-state index in [0.717, 1.165) is 42.6 Å². The fourth-order valence-electron chi connectivity index (χ4n) is 2.68. The number of carbonyl (C=O) groups excluding carboxylic acids is 1. The molecule has 0 saturated carbocycles. The van der Waals surface area contributed by atoms with Crippen LogP contribution < -0.4 is 0 Å². The van der Waals surface area contributed by atoms with Crippen molar-refractivity contribution >= 4 is 5.91 Å². The van der Waals surface area contributed by atoms with E-state index < -0.39 is 0 Å². The molecule has 104 valence electrons. The van der Waals surface area contributed by atoms with Crippen LogP contribution in [0.4, 0.5) is 0 Å². The Bertz CT molecular complexity index is 600. The van der Waals surface area contributed by atoms with Crippen molar-refractivity contribution in [1.29, 1.82) is 0 Å². The molecule has 0 bridgehead atoms. The quantitative estimate of drug-likeness (QED) is 0.931. The number of nitrogens with one attached hydrogen (secondary N) is 1. The van der Waals surface area contributed by atoms with Crippen LogP contribution in [0, 0.1) is 0 Å². The van der Waals surface area contributed by atoms with E-state index in [4.69, 9.17) is 0 Å². The summed E-state index contributed by atoms with van der Waals surface area (Å²) in [4.78, 5) is 14.4. The van der Waals surface area contributed by atoms with Crippen molar-refractivity contribution in [3.8, 4) is 0 Å². The molecule has 4 nitrogen and oxygen atoms in total. The second-order valence-corrected chi connectivity index (χ2v) is 5.30. The monoisotopic (exact) mass is 269 g/mol. The van der Waals surface area contributed by atoms with Crippen LogP contribution in [0.15, 0.2) is 30.5 Å². The van der Waals surface area contributed by atoms with Gasteiger partial charge in [-0.3, -0.25) is 9.89 Å². The molecule has 1 N–H and O–H groups in total. The van der Waals surface area contributed by atoms with Crippen LogP contribution >= 0.6 is 0 Å². The molecule has 20 heavy (non-hydrogen) atoms. The Morgan fingerprint density at radius 3 is 2.90 bits per heavy atom. The highest BCUT2D eigenvalue weighted by Gasteiger charge is 2.22. The third-order valence-corrected chi connectivity index (χ3v) is 3.83. The minimum absolute atomic E-state index is 0.111. The molecule has 4 heteroatoms. The molecular formula is C16H19N3O. The van der Waals surface area contributed by atoms with Gasteiger partial charge in [0, 0.05) is 36.3 Å². The minimum atomic E-state index is 0.111. The summed E-state index contributed by atoms with van der Waals surface area (Å²) < 4.78 is 0. The zero-order valence-corrected chi connectivity index (χ0v) is 11.7. The lowest BCUT2D eigenvalue weighted by molar-refractivity contribution is 0.0734. The number of aromatic nitrogens is 2. The van der Waals surface area contributed by atoms with E-state index in [-0.39, 0.29) is 5.91 Å². The summed E-state index contributed by atoms with van der Waals surface area (Å²) in [6, 6.07) is 8.00. The van der Waals surface area contributed by atoms with Crippen LogP contribution in [-0.2, 0) is 19.4 Å². The molecule has 0 atom stereocenters. The Balaban J connectivity index is 1.73. The van der Waals surface area contributed by atoms with Gasteiger partial charge >= 0.3 is 0 Å². The van der Waals surface area contributed by atoms with Gasteiger partial charge in [-0.25, -0.2) is 0 Å². The average Bonchev–Trinajstić information content (AvgIpc) is 2.95. The SMILES string of the molecule is CCCc1ccc(C(=O)N2CCc3[nH]ncc3C2)cc1. The van der Waals surface area contributed by atoms with Gasteiger partial charge < -0.3 is 4.90 Å². The molecule has 1 amide bonds. The Kier molecular flexibility index (Phi) is 3.54. The molecule has 1 aromatic carbocycles. The fourth-order valence-corrected chi connectivity index (χ4v) is 2.68. The highest BCUT2D eigenvalue weighted by molar-refractivity contribution is 5.94. The number of hydrogen-bond donors (Lipinski definition) is 1. The standard InChI is InChI=1S/C16H19N3O/c1-2-3-12-4-6-13(7-5-12)16(20)19-9-8-15-14(11-19)10-17-18-15/h4-7,10H,2-3,8-9,11H2,1H3,(H,17,18). The smallest absolute Gasteiger partial charge is 0.254 e. The number of H-pyrrole nitrogens is 1. The van der Waals surface area contributed by atoms with Crippen LogP contribution in [0.25, 0.3) is 0 Å². The first-order valence-electron chi connectivity index (χ1n) is 7.17. The van der Waals surface area contributed by atoms with E-state index in [1.165, 1.54) is 5.56 Å². The van der Waals surface area contributed by atoms with Gasteiger partial charge in [0.2, 0.25) is 0 Å². The first-order chi connectivity index (χ1) is 9.78. The summed E-state index contributed by atoms with van der Waals surface area (Å²) in [6.07, 6.45) is 4.87. The highest BCUT2D eigenvalue weighted by atomic mass is 16.2. The first kappa shape index (κ1) is 12.9. The van der Waals surface area contributed by atoms with Gasteiger partial charge in [0.1, 0.15) is 0 Å². The number of amides is 1. The molecule has 1 aromatic heterocycles. The van der Waals surface area contributed by atoms with Crippen LogP contribution in [0.1, 0.15) is 40.5 Å². The zero-order chi connectivity index (χ0) is 13.9. The molecule has 0 unspecified atom stereocenters. The zero-order valence-electron chi connectivity index (χ0n) is 11.7. The van der Waals surface area contributed by atoms with Gasteiger partial charge in [-0.2, -0.15) is 5.10 Å². The number of rotatable bonds is 3. The van der Waals surface area contributed by atoms with E-state index in [1.807, 2.05) is 23.2 Å². The number of hydrogen-bond acceptors (Lipinski definition) is 2. The molecule has 2 aromatic rings. The third-order valence-electron chi connectivity index (χ3n) is 3.83. The molecule has 1 aliphatic rings. The highest BCUT2D eigenvalue weighted by Crippen LogP contribution is 2.18. The molecule has 3 rings (SSSR count). The second-order valence-electron chi connectivity index (χ2n) is 5.30. The van der Waals surface area contributed by atoms with Gasteiger partial charge in [-0.1, -0.05) is 25.5 Å². The predicted octanol–water partition coefficient (Wildman–Crippen LogP) is 2.56. The molecule has 1 aliphatic heterocycles. The van der Waals surface area contributed by atoms with E-state index in [1.54, 1.807) is 0 Å². The number of benzene rings is 1. The number of aromatic amines is 1. The van der Waals surface area contributed by atoms with Crippen molar-refractivity contribution in [1.82, 2.24) is 15.1 Å². The molecule has 2 heterocycles. The van der Waals surface area contributed by atoms with E-state index in [9.17, 15) is 4.79 Å². The minimum Gasteiger partial charge on any atom is -0.334 e. The normalized spacial score (nSPS) is 14.2. The van der Waals surface area contributed by atoms with Crippen molar-refractivity contribution in [2.24, 2.45) is 0 Å². The first-order valence-corrected chi connectivity index (χ1v) is 7.17. The Hall–Kier alpha value is -2.10. The molecular weight excluding hydrogens is 250 g/mol. The number of aryl methyl sites for hydroxylation is 1. The van der Waals surface area contributed by atoms with Gasteiger partial charge in [0.25, 0.3) is 5.91 Å². The van der Waals surface area contributed by atoms with Crippen LogP contribution in [0.5, 0.6) is 0 Å². The van der Waals surface area contributed by atoms with Crippen molar-refractivity contribution < 1.29 is 4.79 Å². The van der Waals surface area contributed by atoms with Crippen LogP contribution in [-0.4, -0.2) is 27.5 Å². The third kappa shape index (κ3) is 2.46. The van der Waals surface area contributed by atoms with Gasteiger partial charge in [0.15, 0.2) is 0 Å². The van der Waals surface area contributed by atoms with Crippen molar-refractivity contribution in [3.63, 3.8) is 0 Å². The molecule has 0 radical (unpaired) electrons. The second kappa shape index (κ2) is 5.49. The van der Waals surface area contributed by atoms with Gasteiger partial charge in [-0.15, -0.1) is 0 Å². The van der Waals surface area contributed by atoms with Gasteiger partial charge in [-0.05, 0) is 24.1 Å². The lowest BCUT2D eigenvalue weighted by Crippen LogP contribution is -2.35. The number of nitrogens with zero attached hydrogens (tertiary/aromatic N) is 2. The maximum absolute atomic E-state index is 12.5. The molecule has 0 saturated heterocycles. The van der Waals surface area contributed by atoms with Gasteiger partial charge in [0.05, 0.1) is 6.20 Å². The summed E-state index contributed by atoms with van der Waals surface area (Å²) in [5, 5.41) is 7.03. The maximum Gasteiger partial charge on any atom is 0.254 e. The lowest BCUT2D eigenvalue weighted by Gasteiger charge is -2.26. The average molecular weight is 269 g/mol. The summed E-state index contributed by atoms with van der Waals surface area (Å²) in [7, 11) is 0. The van der Waals surface area contributed by atoms with Crippen molar-refractivity contribution in [2.45, 2.75) is 32.7 Å². The lowest BCUT2D eigenvalue weighted by atomic mass is 10.0. The summed E-state index contributed by atoms with van der Waals surface area (Å²) in [5.74, 6) is 0.111. The number of fused-ring (bicyclic) bond motifs is 1. The largest absolute Gasteiger partial charge is 0.334 e. The van der Waals surface area contributed by atoms with E-state index in [0.29, 0.717) is 6.54 Å². The van der Waals surface area contributed by atoms with E-state index in [2.05, 4.69) is 29.3 Å². The number of carbonyl (C=O) groups is 1. The Labute approximate surface area is 118 Å². The molecule has 0 fully saturated rings. The summed E-state index contributed by atoms with van der Waals surface area (Å²) in [5.41, 5.74) is 4.36. The Morgan fingerprint density at radius 2 is 2.15 bits per heavy atom. The predicted molar refractivity (Wildman–Crippen MR) is 77.5 cm³/mol. The van der Waals surface area contributed by atoms with Crippen LogP contribution in [0.2, 0.25) is 0 Å². The topological polar surface area (TPSA) is 49.0 Å². The summed E-state index contributed by atoms with van der Waals surface area (Å²) >= 11 is 0.